The Kier molecular flexibility index (Phi) is 9.41. The van der Waals surface area contributed by atoms with Crippen molar-refractivity contribution in [1.82, 2.24) is 5.32 Å². The lowest BCUT2D eigenvalue weighted by Crippen LogP contribution is -2.33. The molecule has 0 aliphatic carbocycles. The van der Waals surface area contributed by atoms with E-state index in [9.17, 15) is 27.6 Å². The normalized spacial score (nSPS) is 11.4. The molecule has 11 heteroatoms. The van der Waals surface area contributed by atoms with Gasteiger partial charge in [-0.25, -0.2) is 4.79 Å². The fourth-order valence-corrected chi connectivity index (χ4v) is 3.60. The molecule has 40 heavy (non-hydrogen) atoms. The highest BCUT2D eigenvalue weighted by Gasteiger charge is 2.31. The Balaban J connectivity index is 1.82. The number of ether oxygens (including phenoxy) is 2. The molecule has 0 aromatic heterocycles. The fraction of sp³-hybridized carbons (Fsp3) is 0.276. The van der Waals surface area contributed by atoms with Gasteiger partial charge in [0.15, 0.2) is 0 Å². The molecule has 3 aromatic rings. The van der Waals surface area contributed by atoms with Crippen molar-refractivity contribution in [3.63, 3.8) is 0 Å². The van der Waals surface area contributed by atoms with Crippen molar-refractivity contribution in [3.05, 3.63) is 89.5 Å². The molecule has 8 nitrogen and oxygen atoms in total. The zero-order valence-electron chi connectivity index (χ0n) is 22.1. The number of aliphatic carboxylic acids is 1. The Morgan fingerprint density at radius 2 is 1.43 bits per heavy atom. The first-order valence-corrected chi connectivity index (χ1v) is 12.3. The van der Waals surface area contributed by atoms with E-state index in [-0.39, 0.29) is 36.2 Å². The van der Waals surface area contributed by atoms with Crippen molar-refractivity contribution >= 4 is 23.7 Å². The maximum atomic E-state index is 13.2. The average molecular weight is 559 g/mol. The third-order valence-electron chi connectivity index (χ3n) is 5.71. The molecule has 0 saturated heterocycles. The van der Waals surface area contributed by atoms with Gasteiger partial charge in [0.05, 0.1) is 13.0 Å². The molecule has 0 aliphatic heterocycles. The maximum absolute atomic E-state index is 13.2. The molecular formula is C29H29F3N2O6. The van der Waals surface area contributed by atoms with Gasteiger partial charge in [-0.15, -0.1) is 13.2 Å². The number of benzene rings is 3. The quantitative estimate of drug-likeness (QED) is 0.320. The van der Waals surface area contributed by atoms with Crippen LogP contribution in [0, 0.1) is 0 Å². The summed E-state index contributed by atoms with van der Waals surface area (Å²) in [6, 6.07) is 18.2. The molecule has 0 bridgehead atoms. The second-order valence-electron chi connectivity index (χ2n) is 9.87. The number of anilines is 1. The lowest BCUT2D eigenvalue weighted by atomic mass is 9.87. The highest BCUT2D eigenvalue weighted by Crippen LogP contribution is 2.27. The molecule has 3 aromatic carbocycles. The Bertz CT molecular complexity index is 1320. The number of hydrogen-bond acceptors (Lipinski definition) is 5. The van der Waals surface area contributed by atoms with E-state index in [1.54, 1.807) is 0 Å². The molecule has 3 rings (SSSR count). The van der Waals surface area contributed by atoms with Crippen LogP contribution in [0.1, 0.15) is 48.7 Å². The van der Waals surface area contributed by atoms with E-state index in [1.165, 1.54) is 41.3 Å². The van der Waals surface area contributed by atoms with Crippen molar-refractivity contribution in [3.8, 4) is 11.5 Å². The predicted octanol–water partition coefficient (Wildman–Crippen LogP) is 6.29. The minimum atomic E-state index is -4.85. The maximum Gasteiger partial charge on any atom is 0.573 e. The number of hydrogen-bond donors (Lipinski definition) is 2. The van der Waals surface area contributed by atoms with Crippen LogP contribution < -0.4 is 19.7 Å². The van der Waals surface area contributed by atoms with Gasteiger partial charge in [0.2, 0.25) is 0 Å². The number of carboxylic acids is 1. The number of halogens is 3. The fourth-order valence-electron chi connectivity index (χ4n) is 3.60. The van der Waals surface area contributed by atoms with Crippen molar-refractivity contribution in [2.45, 2.75) is 45.5 Å². The van der Waals surface area contributed by atoms with Gasteiger partial charge in [-0.1, -0.05) is 45.0 Å². The lowest BCUT2D eigenvalue weighted by Gasteiger charge is -2.24. The van der Waals surface area contributed by atoms with Crippen LogP contribution in [0.25, 0.3) is 0 Å². The van der Waals surface area contributed by atoms with E-state index >= 15 is 0 Å². The van der Waals surface area contributed by atoms with E-state index in [2.05, 4.69) is 30.8 Å². The molecule has 2 amide bonds. The summed E-state index contributed by atoms with van der Waals surface area (Å²) >= 11 is 0. The summed E-state index contributed by atoms with van der Waals surface area (Å²) in [7, 11) is 0. The van der Waals surface area contributed by atoms with E-state index in [4.69, 9.17) is 9.84 Å². The van der Waals surface area contributed by atoms with Gasteiger partial charge >= 0.3 is 18.4 Å². The standard InChI is InChI=1S/C29H29F3N2O6/c1-28(2,3)21-8-4-19(5-9-21)18-34(22-10-6-20(7-11-22)26(37)33-17-16-25(35)36)27(38)39-23-12-14-24(15-13-23)40-29(30,31)32/h4-15H,16-18H2,1-3H3,(H,33,37)(H,35,36). The Labute approximate surface area is 229 Å². The molecule has 0 fully saturated rings. The zero-order valence-corrected chi connectivity index (χ0v) is 22.1. The van der Waals surface area contributed by atoms with Gasteiger partial charge in [-0.3, -0.25) is 14.5 Å². The first kappa shape index (κ1) is 30.0. The van der Waals surface area contributed by atoms with Crippen LogP contribution in [0.3, 0.4) is 0 Å². The van der Waals surface area contributed by atoms with E-state index in [1.807, 2.05) is 24.3 Å². The Morgan fingerprint density at radius 3 is 1.95 bits per heavy atom. The summed E-state index contributed by atoms with van der Waals surface area (Å²) in [5.41, 5.74) is 2.47. The topological polar surface area (TPSA) is 105 Å². The monoisotopic (exact) mass is 558 g/mol. The summed E-state index contributed by atoms with van der Waals surface area (Å²) in [6.45, 7) is 6.30. The highest BCUT2D eigenvalue weighted by atomic mass is 19.4. The minimum Gasteiger partial charge on any atom is -0.481 e. The molecule has 212 valence electrons. The van der Waals surface area contributed by atoms with Crippen LogP contribution in [-0.4, -0.2) is 36.0 Å². The Hall–Kier alpha value is -4.54. The van der Waals surface area contributed by atoms with Crippen LogP contribution in [0.4, 0.5) is 23.7 Å². The van der Waals surface area contributed by atoms with Crippen molar-refractivity contribution < 1.29 is 42.1 Å². The summed E-state index contributed by atoms with van der Waals surface area (Å²) < 4.78 is 46.6. The summed E-state index contributed by atoms with van der Waals surface area (Å²) in [5, 5.41) is 11.2. The Morgan fingerprint density at radius 1 is 0.850 bits per heavy atom. The van der Waals surface area contributed by atoms with E-state index < -0.39 is 30.1 Å². The lowest BCUT2D eigenvalue weighted by molar-refractivity contribution is -0.274. The number of carbonyl (C=O) groups excluding carboxylic acids is 2. The van der Waals surface area contributed by atoms with Gasteiger partial charge in [-0.05, 0) is 65.1 Å². The van der Waals surface area contributed by atoms with Crippen LogP contribution in [-0.2, 0) is 16.8 Å². The number of carboxylic acid groups (broad SMARTS) is 1. The number of rotatable bonds is 9. The summed E-state index contributed by atoms with van der Waals surface area (Å²) in [4.78, 5) is 37.5. The molecule has 0 spiro atoms. The number of nitrogens with zero attached hydrogens (tertiary/aromatic N) is 1. The largest absolute Gasteiger partial charge is 0.573 e. The zero-order chi connectivity index (χ0) is 29.5. The summed E-state index contributed by atoms with van der Waals surface area (Å²) in [5.74, 6) is -1.97. The predicted molar refractivity (Wildman–Crippen MR) is 142 cm³/mol. The number of amides is 2. The van der Waals surface area contributed by atoms with Gasteiger partial charge < -0.3 is 19.9 Å². The first-order chi connectivity index (χ1) is 18.7. The van der Waals surface area contributed by atoms with Crippen LogP contribution >= 0.6 is 0 Å². The molecule has 0 heterocycles. The minimum absolute atomic E-state index is 0.00188. The van der Waals surface area contributed by atoms with Crippen LogP contribution in [0.5, 0.6) is 11.5 Å². The van der Waals surface area contributed by atoms with Crippen molar-refractivity contribution in [2.24, 2.45) is 0 Å². The smallest absolute Gasteiger partial charge is 0.481 e. The van der Waals surface area contributed by atoms with Crippen molar-refractivity contribution in [1.29, 1.82) is 0 Å². The van der Waals surface area contributed by atoms with Crippen molar-refractivity contribution in [2.75, 3.05) is 11.4 Å². The second-order valence-corrected chi connectivity index (χ2v) is 9.87. The van der Waals surface area contributed by atoms with E-state index in [0.717, 1.165) is 23.3 Å². The first-order valence-electron chi connectivity index (χ1n) is 12.3. The highest BCUT2D eigenvalue weighted by molar-refractivity contribution is 5.95. The molecule has 2 N–H and O–H groups in total. The molecular weight excluding hydrogens is 529 g/mol. The van der Waals surface area contributed by atoms with Gasteiger partial charge in [0.25, 0.3) is 5.91 Å². The number of carbonyl (C=O) groups is 3. The van der Waals surface area contributed by atoms with Gasteiger partial charge in [0.1, 0.15) is 11.5 Å². The molecule has 0 unspecified atom stereocenters. The molecule has 0 radical (unpaired) electrons. The number of alkyl halides is 3. The molecule has 0 aliphatic rings. The summed E-state index contributed by atoms with van der Waals surface area (Å²) in [6.07, 6.45) is -5.87. The van der Waals surface area contributed by atoms with Crippen LogP contribution in [0.2, 0.25) is 0 Å². The molecule has 0 saturated carbocycles. The van der Waals surface area contributed by atoms with Crippen LogP contribution in [0.15, 0.2) is 72.8 Å². The van der Waals surface area contributed by atoms with Gasteiger partial charge in [0, 0.05) is 17.8 Å². The third-order valence-corrected chi connectivity index (χ3v) is 5.71. The third kappa shape index (κ3) is 9.04. The second kappa shape index (κ2) is 12.5. The van der Waals surface area contributed by atoms with Gasteiger partial charge in [-0.2, -0.15) is 0 Å². The van der Waals surface area contributed by atoms with E-state index in [0.29, 0.717) is 5.69 Å². The SMILES string of the molecule is CC(C)(C)c1ccc(CN(C(=O)Oc2ccc(OC(F)(F)F)cc2)c2ccc(C(=O)NCCC(=O)O)cc2)cc1. The average Bonchev–Trinajstić information content (AvgIpc) is 2.87. The molecule has 0 atom stereocenters. The number of nitrogens with one attached hydrogen (secondary N) is 1.